The smallest absolute Gasteiger partial charge is 0.0898 e. The van der Waals surface area contributed by atoms with Gasteiger partial charge in [0, 0.05) is 29.2 Å². The first-order chi connectivity index (χ1) is 8.97. The van der Waals surface area contributed by atoms with Gasteiger partial charge in [-0.3, -0.25) is 0 Å². The maximum absolute atomic E-state index is 6.26. The highest BCUT2D eigenvalue weighted by Gasteiger charge is 2.09. The minimum absolute atomic E-state index is 0.0481. The second-order valence-electron chi connectivity index (χ2n) is 4.71. The number of rotatable bonds is 4. The van der Waals surface area contributed by atoms with Crippen LogP contribution >= 0.6 is 22.9 Å². The summed E-state index contributed by atoms with van der Waals surface area (Å²) in [5, 5.41) is 3.89. The van der Waals surface area contributed by atoms with Gasteiger partial charge in [-0.2, -0.15) is 0 Å². The van der Waals surface area contributed by atoms with E-state index in [1.807, 2.05) is 39.1 Å². The standard InChI is InChI=1S/C14H18ClN3S/c1-9(16)13-5-4-12(6-14(13)15)18(3)7-11-8-19-10(2)17-11/h4-6,8-9H,7,16H2,1-3H3. The molecule has 0 bridgehead atoms. The Morgan fingerprint density at radius 1 is 1.47 bits per heavy atom. The molecule has 1 aromatic carbocycles. The first-order valence-corrected chi connectivity index (χ1v) is 7.40. The van der Waals surface area contributed by atoms with Crippen LogP contribution < -0.4 is 10.6 Å². The van der Waals surface area contributed by atoms with E-state index in [4.69, 9.17) is 17.3 Å². The number of thiazole rings is 1. The summed E-state index contributed by atoms with van der Waals surface area (Å²) in [6.07, 6.45) is 0. The topological polar surface area (TPSA) is 42.2 Å². The fraction of sp³-hybridized carbons (Fsp3) is 0.357. The Balaban J connectivity index is 2.15. The molecule has 0 amide bonds. The van der Waals surface area contributed by atoms with Crippen molar-refractivity contribution in [3.63, 3.8) is 0 Å². The summed E-state index contributed by atoms with van der Waals surface area (Å²) in [7, 11) is 2.03. The Kier molecular flexibility index (Phi) is 4.45. The van der Waals surface area contributed by atoms with Crippen molar-refractivity contribution in [3.8, 4) is 0 Å². The van der Waals surface area contributed by atoms with Crippen LogP contribution in [0.2, 0.25) is 5.02 Å². The Labute approximate surface area is 123 Å². The summed E-state index contributed by atoms with van der Waals surface area (Å²) in [6.45, 7) is 4.73. The molecule has 0 saturated carbocycles. The maximum atomic E-state index is 6.26. The lowest BCUT2D eigenvalue weighted by atomic mass is 10.1. The molecule has 19 heavy (non-hydrogen) atoms. The minimum Gasteiger partial charge on any atom is -0.369 e. The van der Waals surface area contributed by atoms with Gasteiger partial charge in [0.05, 0.1) is 17.2 Å². The van der Waals surface area contributed by atoms with Gasteiger partial charge in [-0.1, -0.05) is 17.7 Å². The fourth-order valence-corrected chi connectivity index (χ4v) is 2.89. The van der Waals surface area contributed by atoms with Gasteiger partial charge in [0.2, 0.25) is 0 Å². The maximum Gasteiger partial charge on any atom is 0.0898 e. The second kappa shape index (κ2) is 5.90. The van der Waals surface area contributed by atoms with Crippen LogP contribution in [0, 0.1) is 6.92 Å². The summed E-state index contributed by atoms with van der Waals surface area (Å²) in [5.41, 5.74) is 8.99. The van der Waals surface area contributed by atoms with Gasteiger partial charge in [0.15, 0.2) is 0 Å². The van der Waals surface area contributed by atoms with Gasteiger partial charge >= 0.3 is 0 Å². The predicted molar refractivity (Wildman–Crippen MR) is 83.0 cm³/mol. The van der Waals surface area contributed by atoms with Crippen molar-refractivity contribution in [2.75, 3.05) is 11.9 Å². The zero-order chi connectivity index (χ0) is 14.0. The Bertz CT molecular complexity index is 566. The van der Waals surface area contributed by atoms with Crippen LogP contribution in [0.4, 0.5) is 5.69 Å². The van der Waals surface area contributed by atoms with Crippen molar-refractivity contribution in [1.82, 2.24) is 4.98 Å². The summed E-state index contributed by atoms with van der Waals surface area (Å²) in [6, 6.07) is 5.95. The van der Waals surface area contributed by atoms with Gasteiger partial charge < -0.3 is 10.6 Å². The molecule has 0 aliphatic carbocycles. The predicted octanol–water partition coefficient (Wildman–Crippen LogP) is 3.76. The number of benzene rings is 1. The van der Waals surface area contributed by atoms with Crippen LogP contribution in [0.5, 0.6) is 0 Å². The molecular formula is C14H18ClN3S. The summed E-state index contributed by atoms with van der Waals surface area (Å²) in [5.74, 6) is 0. The molecule has 1 aromatic heterocycles. The van der Waals surface area contributed by atoms with Gasteiger partial charge in [-0.25, -0.2) is 4.98 Å². The molecule has 5 heteroatoms. The molecule has 2 aromatic rings. The lowest BCUT2D eigenvalue weighted by Gasteiger charge is -2.20. The normalized spacial score (nSPS) is 12.5. The largest absolute Gasteiger partial charge is 0.369 e. The molecule has 3 nitrogen and oxygen atoms in total. The molecule has 1 atom stereocenters. The van der Waals surface area contributed by atoms with E-state index in [-0.39, 0.29) is 6.04 Å². The van der Waals surface area contributed by atoms with E-state index >= 15 is 0 Å². The highest BCUT2D eigenvalue weighted by atomic mass is 35.5. The third-order valence-corrected chi connectivity index (χ3v) is 4.13. The fourth-order valence-electron chi connectivity index (χ4n) is 1.94. The molecule has 0 radical (unpaired) electrons. The van der Waals surface area contributed by atoms with Crippen LogP contribution in [0.15, 0.2) is 23.6 Å². The van der Waals surface area contributed by atoms with Crippen molar-refractivity contribution >= 4 is 28.6 Å². The number of anilines is 1. The van der Waals surface area contributed by atoms with Gasteiger partial charge in [0.25, 0.3) is 0 Å². The van der Waals surface area contributed by atoms with Crippen molar-refractivity contribution in [2.24, 2.45) is 5.73 Å². The van der Waals surface area contributed by atoms with E-state index in [0.29, 0.717) is 5.02 Å². The minimum atomic E-state index is -0.0481. The van der Waals surface area contributed by atoms with Crippen LogP contribution in [0.25, 0.3) is 0 Å². The molecule has 102 valence electrons. The van der Waals surface area contributed by atoms with E-state index in [1.165, 1.54) is 0 Å². The third kappa shape index (κ3) is 3.47. The zero-order valence-corrected chi connectivity index (χ0v) is 12.9. The van der Waals surface area contributed by atoms with E-state index < -0.39 is 0 Å². The highest BCUT2D eigenvalue weighted by Crippen LogP contribution is 2.27. The number of hydrogen-bond acceptors (Lipinski definition) is 4. The molecule has 0 saturated heterocycles. The Hall–Kier alpha value is -1.10. The summed E-state index contributed by atoms with van der Waals surface area (Å²) in [4.78, 5) is 6.60. The number of nitrogens with two attached hydrogens (primary N) is 1. The van der Waals surface area contributed by atoms with Gasteiger partial charge in [0.1, 0.15) is 0 Å². The Morgan fingerprint density at radius 3 is 2.74 bits per heavy atom. The second-order valence-corrected chi connectivity index (χ2v) is 6.18. The number of hydrogen-bond donors (Lipinski definition) is 1. The van der Waals surface area contributed by atoms with Gasteiger partial charge in [-0.05, 0) is 31.5 Å². The van der Waals surface area contributed by atoms with E-state index in [0.717, 1.165) is 28.5 Å². The number of halogens is 1. The molecule has 2 rings (SSSR count). The van der Waals surface area contributed by atoms with E-state index in [1.54, 1.807) is 11.3 Å². The third-order valence-electron chi connectivity index (χ3n) is 2.98. The molecule has 2 N–H and O–H groups in total. The summed E-state index contributed by atoms with van der Waals surface area (Å²) >= 11 is 7.93. The molecule has 0 spiro atoms. The first kappa shape index (κ1) is 14.3. The highest BCUT2D eigenvalue weighted by molar-refractivity contribution is 7.09. The van der Waals surface area contributed by atoms with Crippen molar-refractivity contribution in [1.29, 1.82) is 0 Å². The average Bonchev–Trinajstić information content (AvgIpc) is 2.74. The molecular weight excluding hydrogens is 278 g/mol. The van der Waals surface area contributed by atoms with Crippen molar-refractivity contribution < 1.29 is 0 Å². The lowest BCUT2D eigenvalue weighted by molar-refractivity contribution is 0.816. The van der Waals surface area contributed by atoms with Crippen LogP contribution in [-0.2, 0) is 6.54 Å². The average molecular weight is 296 g/mol. The lowest BCUT2D eigenvalue weighted by Crippen LogP contribution is -2.17. The van der Waals surface area contributed by atoms with Crippen LogP contribution in [0.1, 0.15) is 29.2 Å². The van der Waals surface area contributed by atoms with E-state index in [2.05, 4.69) is 15.3 Å². The molecule has 1 unspecified atom stereocenters. The van der Waals surface area contributed by atoms with Crippen molar-refractivity contribution in [2.45, 2.75) is 26.4 Å². The van der Waals surface area contributed by atoms with E-state index in [9.17, 15) is 0 Å². The number of aryl methyl sites for hydroxylation is 1. The number of nitrogens with zero attached hydrogens (tertiary/aromatic N) is 2. The molecule has 0 aliphatic rings. The summed E-state index contributed by atoms with van der Waals surface area (Å²) < 4.78 is 0. The Morgan fingerprint density at radius 2 is 2.21 bits per heavy atom. The number of aromatic nitrogens is 1. The van der Waals surface area contributed by atoms with Gasteiger partial charge in [-0.15, -0.1) is 11.3 Å². The van der Waals surface area contributed by atoms with Crippen LogP contribution in [0.3, 0.4) is 0 Å². The molecule has 1 heterocycles. The zero-order valence-electron chi connectivity index (χ0n) is 11.4. The van der Waals surface area contributed by atoms with Crippen molar-refractivity contribution in [3.05, 3.63) is 44.9 Å². The monoisotopic (exact) mass is 295 g/mol. The SMILES string of the molecule is Cc1nc(CN(C)c2ccc(C(C)N)c(Cl)c2)cs1. The molecule has 0 aliphatic heterocycles. The quantitative estimate of drug-likeness (QED) is 0.934. The van der Waals surface area contributed by atoms with Crippen LogP contribution in [-0.4, -0.2) is 12.0 Å². The molecule has 0 fully saturated rings. The first-order valence-electron chi connectivity index (χ1n) is 6.14.